The van der Waals surface area contributed by atoms with Crippen molar-refractivity contribution in [2.45, 2.75) is 6.17 Å². The Morgan fingerprint density at radius 2 is 1.88 bits per heavy atom. The predicted octanol–water partition coefficient (Wildman–Crippen LogP) is 4.10. The van der Waals surface area contributed by atoms with Gasteiger partial charge in [-0.2, -0.15) is 0 Å². The Hall–Kier alpha value is -2.90. The van der Waals surface area contributed by atoms with Crippen LogP contribution in [-0.4, -0.2) is 20.5 Å². The molecule has 1 atom stereocenters. The first-order valence-electron chi connectivity index (χ1n) is 7.98. The zero-order valence-corrected chi connectivity index (χ0v) is 15.0. The maximum Gasteiger partial charge on any atom is 0.212 e. The number of hydrogen-bond donors (Lipinski definition) is 2. The van der Waals surface area contributed by atoms with Crippen LogP contribution in [-0.2, 0) is 0 Å². The Morgan fingerprint density at radius 1 is 1.08 bits per heavy atom. The molecule has 2 aromatic heterocycles. The van der Waals surface area contributed by atoms with Crippen molar-refractivity contribution in [1.29, 1.82) is 0 Å². The maximum absolute atomic E-state index is 5.98. The van der Waals surface area contributed by atoms with Gasteiger partial charge in [0, 0.05) is 16.0 Å². The zero-order chi connectivity index (χ0) is 17.7. The molecule has 3 heterocycles. The van der Waals surface area contributed by atoms with Crippen molar-refractivity contribution in [1.82, 2.24) is 14.5 Å². The van der Waals surface area contributed by atoms with E-state index in [9.17, 15) is 0 Å². The van der Waals surface area contributed by atoms with Gasteiger partial charge in [0.05, 0.1) is 16.7 Å². The minimum atomic E-state index is -0.351. The molecule has 8 heteroatoms. The van der Waals surface area contributed by atoms with E-state index in [4.69, 9.17) is 22.3 Å². The molecule has 0 radical (unpaired) electrons. The number of rotatable bonds is 2. The third kappa shape index (κ3) is 2.44. The smallest absolute Gasteiger partial charge is 0.212 e. The van der Waals surface area contributed by atoms with Gasteiger partial charge in [-0.25, -0.2) is 15.0 Å². The molecule has 1 aliphatic heterocycles. The van der Waals surface area contributed by atoms with Crippen LogP contribution < -0.4 is 11.1 Å². The van der Waals surface area contributed by atoms with Crippen LogP contribution in [0.4, 0.5) is 5.95 Å². The van der Waals surface area contributed by atoms with Crippen LogP contribution >= 0.6 is 22.9 Å². The Morgan fingerprint density at radius 3 is 2.73 bits per heavy atom. The van der Waals surface area contributed by atoms with E-state index in [1.54, 1.807) is 11.3 Å². The molecule has 0 amide bonds. The molecule has 0 aliphatic carbocycles. The van der Waals surface area contributed by atoms with E-state index in [2.05, 4.69) is 15.3 Å². The monoisotopic (exact) mass is 380 g/mol. The zero-order valence-electron chi connectivity index (χ0n) is 13.4. The molecule has 5 rings (SSSR count). The van der Waals surface area contributed by atoms with E-state index in [-0.39, 0.29) is 6.17 Å². The Balaban J connectivity index is 1.62. The molecule has 0 saturated heterocycles. The molecule has 3 N–H and O–H groups in total. The van der Waals surface area contributed by atoms with Gasteiger partial charge >= 0.3 is 0 Å². The van der Waals surface area contributed by atoms with Crippen LogP contribution in [0.15, 0.2) is 58.9 Å². The van der Waals surface area contributed by atoms with Crippen molar-refractivity contribution < 1.29 is 0 Å². The number of para-hydroxylation sites is 2. The fraction of sp³-hybridized carbons (Fsp3) is 0.0556. The SMILES string of the molecule is NC1=N[C@@H](c2csc(-c3ccc(Cl)cc3)n2)n2c(nc3ccccc32)N1. The quantitative estimate of drug-likeness (QED) is 0.548. The van der Waals surface area contributed by atoms with Crippen LogP contribution in [0.3, 0.4) is 0 Å². The minimum absolute atomic E-state index is 0.332. The molecular weight excluding hydrogens is 368 g/mol. The van der Waals surface area contributed by atoms with Gasteiger partial charge in [0.25, 0.3) is 0 Å². The number of nitrogens with one attached hydrogen (secondary N) is 1. The van der Waals surface area contributed by atoms with Gasteiger partial charge in [-0.15, -0.1) is 11.3 Å². The fourth-order valence-electron chi connectivity index (χ4n) is 3.04. The molecule has 128 valence electrons. The number of aliphatic imine (C=N–C) groups is 1. The van der Waals surface area contributed by atoms with Gasteiger partial charge in [0.1, 0.15) is 5.01 Å². The summed E-state index contributed by atoms with van der Waals surface area (Å²) in [4.78, 5) is 14.0. The first-order chi connectivity index (χ1) is 12.7. The molecule has 6 nitrogen and oxygen atoms in total. The third-order valence-corrected chi connectivity index (χ3v) is 5.38. The van der Waals surface area contributed by atoms with Crippen molar-refractivity contribution >= 4 is 45.9 Å². The lowest BCUT2D eigenvalue weighted by Crippen LogP contribution is -2.31. The van der Waals surface area contributed by atoms with Crippen LogP contribution in [0.1, 0.15) is 11.9 Å². The summed E-state index contributed by atoms with van der Waals surface area (Å²) in [6.07, 6.45) is -0.351. The van der Waals surface area contributed by atoms with E-state index in [0.717, 1.165) is 27.3 Å². The first kappa shape index (κ1) is 15.4. The minimum Gasteiger partial charge on any atom is -0.370 e. The summed E-state index contributed by atoms with van der Waals surface area (Å²) in [7, 11) is 0. The third-order valence-electron chi connectivity index (χ3n) is 4.22. The molecule has 4 aromatic rings. The van der Waals surface area contributed by atoms with Gasteiger partial charge < -0.3 is 5.73 Å². The van der Waals surface area contributed by atoms with E-state index in [1.807, 2.05) is 58.5 Å². The molecule has 0 unspecified atom stereocenters. The number of fused-ring (bicyclic) bond motifs is 3. The highest BCUT2D eigenvalue weighted by atomic mass is 35.5. The number of hydrogen-bond acceptors (Lipinski definition) is 6. The van der Waals surface area contributed by atoms with Crippen molar-refractivity contribution in [3.05, 3.63) is 64.6 Å². The standard InChI is InChI=1S/C18H13ClN6S/c19-11-7-5-10(6-8-11)16-21-13(9-26-16)15-23-17(20)24-18-22-12-3-1-2-4-14(12)25(15)18/h1-9,15H,(H3,20,22,23,24)/t15-/m1/s1. The second-order valence-electron chi connectivity index (χ2n) is 5.89. The number of nitrogens with two attached hydrogens (primary N) is 1. The molecular formula is C18H13ClN6S. The number of nitrogens with zero attached hydrogens (tertiary/aromatic N) is 4. The van der Waals surface area contributed by atoms with E-state index in [0.29, 0.717) is 16.9 Å². The summed E-state index contributed by atoms with van der Waals surface area (Å²) in [6.45, 7) is 0. The number of imidazole rings is 1. The summed E-state index contributed by atoms with van der Waals surface area (Å²) in [5.41, 5.74) is 9.70. The number of anilines is 1. The van der Waals surface area contributed by atoms with Crippen LogP contribution in [0.5, 0.6) is 0 Å². The Kier molecular flexibility index (Phi) is 3.44. The summed E-state index contributed by atoms with van der Waals surface area (Å²) in [5.74, 6) is 1.00. The topological polar surface area (TPSA) is 81.1 Å². The van der Waals surface area contributed by atoms with Gasteiger partial charge in [-0.1, -0.05) is 35.9 Å². The molecule has 0 bridgehead atoms. The van der Waals surface area contributed by atoms with Gasteiger partial charge in [-0.05, 0) is 24.3 Å². The number of thiazole rings is 1. The Labute approximate surface area is 158 Å². The van der Waals surface area contributed by atoms with E-state index in [1.165, 1.54) is 0 Å². The lowest BCUT2D eigenvalue weighted by molar-refractivity contribution is 0.612. The van der Waals surface area contributed by atoms with Gasteiger partial charge in [0.2, 0.25) is 5.95 Å². The van der Waals surface area contributed by atoms with Crippen LogP contribution in [0, 0.1) is 0 Å². The fourth-order valence-corrected chi connectivity index (χ4v) is 4.01. The number of aromatic nitrogens is 3. The number of guanidine groups is 1. The van der Waals surface area contributed by atoms with Crippen molar-refractivity contribution in [3.63, 3.8) is 0 Å². The summed E-state index contributed by atoms with van der Waals surface area (Å²) in [6, 6.07) is 15.6. The highest BCUT2D eigenvalue weighted by molar-refractivity contribution is 7.13. The number of halogens is 1. The number of benzene rings is 2. The lowest BCUT2D eigenvalue weighted by atomic mass is 10.2. The first-order valence-corrected chi connectivity index (χ1v) is 9.23. The molecule has 2 aromatic carbocycles. The molecule has 0 spiro atoms. The van der Waals surface area contributed by atoms with Gasteiger partial charge in [0.15, 0.2) is 12.1 Å². The molecule has 0 saturated carbocycles. The van der Waals surface area contributed by atoms with Crippen molar-refractivity contribution in [2.75, 3.05) is 5.32 Å². The normalized spacial score (nSPS) is 16.2. The van der Waals surface area contributed by atoms with Crippen molar-refractivity contribution in [3.8, 4) is 10.6 Å². The van der Waals surface area contributed by atoms with Crippen LogP contribution in [0.25, 0.3) is 21.6 Å². The highest BCUT2D eigenvalue weighted by Crippen LogP contribution is 2.34. The maximum atomic E-state index is 5.98. The lowest BCUT2D eigenvalue weighted by Gasteiger charge is -2.22. The molecule has 26 heavy (non-hydrogen) atoms. The highest BCUT2D eigenvalue weighted by Gasteiger charge is 2.26. The average Bonchev–Trinajstić information content (AvgIpc) is 3.26. The van der Waals surface area contributed by atoms with E-state index < -0.39 is 0 Å². The molecule has 0 fully saturated rings. The predicted molar refractivity (Wildman–Crippen MR) is 106 cm³/mol. The summed E-state index contributed by atoms with van der Waals surface area (Å²) in [5, 5.41) is 6.66. The summed E-state index contributed by atoms with van der Waals surface area (Å²) < 4.78 is 2.02. The Bertz CT molecular complexity index is 1140. The second kappa shape index (κ2) is 5.82. The largest absolute Gasteiger partial charge is 0.370 e. The van der Waals surface area contributed by atoms with Crippen LogP contribution in [0.2, 0.25) is 5.02 Å². The average molecular weight is 381 g/mol. The second-order valence-corrected chi connectivity index (χ2v) is 7.19. The van der Waals surface area contributed by atoms with E-state index >= 15 is 0 Å². The van der Waals surface area contributed by atoms with Gasteiger partial charge in [-0.3, -0.25) is 9.88 Å². The molecule has 1 aliphatic rings. The summed E-state index contributed by atoms with van der Waals surface area (Å²) >= 11 is 7.54. The van der Waals surface area contributed by atoms with Crippen molar-refractivity contribution in [2.24, 2.45) is 10.7 Å².